The first-order valence-corrected chi connectivity index (χ1v) is 10.6. The highest BCUT2D eigenvalue weighted by Gasteiger charge is 2.53. The van der Waals surface area contributed by atoms with E-state index in [1.807, 2.05) is 0 Å². The monoisotopic (exact) mass is 424 g/mol. The molecule has 2 aliphatic heterocycles. The van der Waals surface area contributed by atoms with Crippen LogP contribution in [0.15, 0.2) is 58.3 Å². The Bertz CT molecular complexity index is 998. The van der Waals surface area contributed by atoms with Crippen molar-refractivity contribution in [3.63, 3.8) is 0 Å². The molecule has 4 N–H and O–H groups in total. The molecule has 0 unspecified atom stereocenters. The van der Waals surface area contributed by atoms with Crippen molar-refractivity contribution in [2.24, 2.45) is 0 Å². The maximum Gasteiger partial charge on any atom is 0.339 e. The van der Waals surface area contributed by atoms with Crippen LogP contribution in [-0.4, -0.2) is 50.5 Å². The van der Waals surface area contributed by atoms with Crippen molar-refractivity contribution < 1.29 is 37.4 Å². The maximum absolute atomic E-state index is 12.7. The molecule has 10 nitrogen and oxygen atoms in total. The van der Waals surface area contributed by atoms with Gasteiger partial charge >= 0.3 is 11.8 Å². The second-order valence-corrected chi connectivity index (χ2v) is 9.52. The standard InChI is InChI=1S/C16H12N2O8S2/c19-13-9-5-1-3-7-11(9)27(23,24)17(13)15(21)16(22)18-14(20)10-6-2-4-8-12(10)28(18,25)26/h1-8,23-26H. The smallest absolute Gasteiger partial charge is 0.277 e. The highest BCUT2D eigenvalue weighted by molar-refractivity contribution is 8.24. The van der Waals surface area contributed by atoms with Crippen LogP contribution < -0.4 is 0 Å². The van der Waals surface area contributed by atoms with Crippen LogP contribution in [-0.2, 0) is 9.59 Å². The van der Waals surface area contributed by atoms with Crippen molar-refractivity contribution in [1.29, 1.82) is 0 Å². The fraction of sp³-hybridized carbons (Fsp3) is 0. The predicted octanol–water partition coefficient (Wildman–Crippen LogP) is 2.40. The molecule has 146 valence electrons. The topological polar surface area (TPSA) is 156 Å². The molecule has 2 heterocycles. The van der Waals surface area contributed by atoms with Gasteiger partial charge in [-0.05, 0) is 24.3 Å². The first-order chi connectivity index (χ1) is 13.1. The molecule has 0 atom stereocenters. The number of fused-ring (bicyclic) bond motifs is 2. The van der Waals surface area contributed by atoms with Crippen molar-refractivity contribution in [3.05, 3.63) is 59.7 Å². The molecule has 0 saturated heterocycles. The summed E-state index contributed by atoms with van der Waals surface area (Å²) in [7, 11) is -8.34. The molecule has 0 aromatic heterocycles. The Morgan fingerprint density at radius 3 is 1.29 bits per heavy atom. The number of hydrogen-bond donors (Lipinski definition) is 4. The first kappa shape index (κ1) is 18.6. The molecule has 0 aliphatic carbocycles. The first-order valence-electron chi connectivity index (χ1n) is 7.62. The van der Waals surface area contributed by atoms with Crippen molar-refractivity contribution >= 4 is 45.2 Å². The van der Waals surface area contributed by atoms with E-state index in [0.29, 0.717) is 0 Å². The summed E-state index contributed by atoms with van der Waals surface area (Å²) < 4.78 is 41.3. The Labute approximate surface area is 161 Å². The Balaban J connectivity index is 1.74. The number of rotatable bonds is 0. The van der Waals surface area contributed by atoms with E-state index in [4.69, 9.17) is 0 Å². The minimum absolute atomic E-state index is 0.0498. The molecule has 2 aromatic carbocycles. The average molecular weight is 424 g/mol. The fourth-order valence-corrected chi connectivity index (χ4v) is 6.09. The van der Waals surface area contributed by atoms with Crippen LogP contribution in [0.25, 0.3) is 0 Å². The average Bonchev–Trinajstić information content (AvgIpc) is 2.99. The van der Waals surface area contributed by atoms with Crippen LogP contribution in [0.1, 0.15) is 20.7 Å². The molecule has 2 aliphatic rings. The minimum atomic E-state index is -4.17. The Kier molecular flexibility index (Phi) is 3.91. The lowest BCUT2D eigenvalue weighted by Crippen LogP contribution is -2.47. The minimum Gasteiger partial charge on any atom is -0.277 e. The quantitative estimate of drug-likeness (QED) is 0.470. The van der Waals surface area contributed by atoms with E-state index < -0.39 is 45.2 Å². The summed E-state index contributed by atoms with van der Waals surface area (Å²) in [5, 5.41) is 0. The number of imide groups is 2. The molecule has 4 amide bonds. The Morgan fingerprint density at radius 1 is 0.643 bits per heavy atom. The molecule has 0 spiro atoms. The number of hydrogen-bond acceptors (Lipinski definition) is 8. The molecule has 28 heavy (non-hydrogen) atoms. The Morgan fingerprint density at radius 2 is 0.964 bits per heavy atom. The number of nitrogens with zero attached hydrogens (tertiary/aromatic N) is 2. The summed E-state index contributed by atoms with van der Waals surface area (Å²) >= 11 is 0. The molecule has 0 saturated carbocycles. The highest BCUT2D eigenvalue weighted by atomic mass is 32.3. The van der Waals surface area contributed by atoms with Gasteiger partial charge in [0.1, 0.15) is 0 Å². The summed E-state index contributed by atoms with van der Waals surface area (Å²) in [6, 6.07) is 10.6. The molecule has 2 aromatic rings. The van der Waals surface area contributed by atoms with Crippen molar-refractivity contribution in [3.8, 4) is 0 Å². The summed E-state index contributed by atoms with van der Waals surface area (Å²) in [6.45, 7) is 0. The number of carbonyl (C=O) groups is 4. The summed E-state index contributed by atoms with van der Waals surface area (Å²) in [5.41, 5.74) is -0.377. The van der Waals surface area contributed by atoms with Gasteiger partial charge in [-0.25, -0.2) is 0 Å². The molecule has 12 heteroatoms. The van der Waals surface area contributed by atoms with Gasteiger partial charge in [0.2, 0.25) is 0 Å². The third kappa shape index (κ3) is 2.27. The lowest BCUT2D eigenvalue weighted by Gasteiger charge is -2.38. The van der Waals surface area contributed by atoms with Crippen LogP contribution in [0.5, 0.6) is 0 Å². The number of carbonyl (C=O) groups excluding carboxylic acids is 4. The predicted molar refractivity (Wildman–Crippen MR) is 97.5 cm³/mol. The summed E-state index contributed by atoms with van der Waals surface area (Å²) in [5.74, 6) is -5.81. The zero-order valence-corrected chi connectivity index (χ0v) is 15.4. The van der Waals surface area contributed by atoms with Crippen LogP contribution >= 0.6 is 21.6 Å². The zero-order valence-electron chi connectivity index (χ0n) is 13.8. The largest absolute Gasteiger partial charge is 0.339 e. The second kappa shape index (κ2) is 5.88. The van der Waals surface area contributed by atoms with Gasteiger partial charge in [0.05, 0.1) is 20.9 Å². The van der Waals surface area contributed by atoms with Gasteiger partial charge in [0, 0.05) is 0 Å². The van der Waals surface area contributed by atoms with Gasteiger partial charge in [-0.3, -0.25) is 37.4 Å². The van der Waals surface area contributed by atoms with E-state index in [0.717, 1.165) is 0 Å². The lowest BCUT2D eigenvalue weighted by molar-refractivity contribution is -0.144. The van der Waals surface area contributed by atoms with Gasteiger partial charge in [0.15, 0.2) is 0 Å². The van der Waals surface area contributed by atoms with Crippen molar-refractivity contribution in [2.45, 2.75) is 9.79 Å². The Hall–Kier alpha value is -2.74. The maximum atomic E-state index is 12.7. The molecular weight excluding hydrogens is 412 g/mol. The van der Waals surface area contributed by atoms with Gasteiger partial charge < -0.3 is 0 Å². The molecule has 0 radical (unpaired) electrons. The third-order valence-electron chi connectivity index (χ3n) is 4.25. The SMILES string of the molecule is O=C(C(=O)N1C(=O)c2ccccc2S1(O)O)N1C(=O)c2ccccc2S1(O)O. The molecular formula is C16H12N2O8S2. The summed E-state index contributed by atoms with van der Waals surface area (Å²) in [6.07, 6.45) is 0. The van der Waals surface area contributed by atoms with Gasteiger partial charge in [0.25, 0.3) is 11.8 Å². The van der Waals surface area contributed by atoms with Gasteiger partial charge in [-0.2, -0.15) is 8.61 Å². The summed E-state index contributed by atoms with van der Waals surface area (Å²) in [4.78, 5) is 49.8. The van der Waals surface area contributed by atoms with Crippen LogP contribution in [0.2, 0.25) is 0 Å². The highest BCUT2D eigenvalue weighted by Crippen LogP contribution is 2.61. The molecule has 0 fully saturated rings. The molecule has 4 rings (SSSR count). The third-order valence-corrected chi connectivity index (χ3v) is 7.83. The van der Waals surface area contributed by atoms with Crippen LogP contribution in [0.4, 0.5) is 0 Å². The zero-order chi connectivity index (χ0) is 20.4. The van der Waals surface area contributed by atoms with Crippen molar-refractivity contribution in [1.82, 2.24) is 8.61 Å². The number of benzene rings is 2. The van der Waals surface area contributed by atoms with Crippen LogP contribution in [0, 0.1) is 0 Å². The van der Waals surface area contributed by atoms with E-state index in [1.165, 1.54) is 48.5 Å². The van der Waals surface area contributed by atoms with E-state index in [1.54, 1.807) is 0 Å². The normalized spacial score (nSPS) is 21.1. The van der Waals surface area contributed by atoms with Gasteiger partial charge in [-0.15, -0.1) is 0 Å². The van der Waals surface area contributed by atoms with E-state index in [-0.39, 0.29) is 29.5 Å². The molecule has 0 bridgehead atoms. The lowest BCUT2D eigenvalue weighted by atomic mass is 10.2. The van der Waals surface area contributed by atoms with E-state index in [9.17, 15) is 37.4 Å². The van der Waals surface area contributed by atoms with Gasteiger partial charge in [-0.1, -0.05) is 45.8 Å². The van der Waals surface area contributed by atoms with E-state index >= 15 is 0 Å². The second-order valence-electron chi connectivity index (χ2n) is 5.84. The number of amides is 4. The van der Waals surface area contributed by atoms with Crippen molar-refractivity contribution in [2.75, 3.05) is 0 Å². The fourth-order valence-electron chi connectivity index (χ4n) is 3.00. The van der Waals surface area contributed by atoms with Crippen LogP contribution in [0.3, 0.4) is 0 Å². The van der Waals surface area contributed by atoms with E-state index in [2.05, 4.69) is 0 Å².